The first-order chi connectivity index (χ1) is 4.91. The first-order valence-corrected chi connectivity index (χ1v) is 4.24. The molecule has 1 heteroatoms. The summed E-state index contributed by atoms with van der Waals surface area (Å²) in [7, 11) is 0. The Morgan fingerprint density at radius 2 is 1.30 bits per heavy atom. The molecule has 0 fully saturated rings. The van der Waals surface area contributed by atoms with Gasteiger partial charge in [0.1, 0.15) is 0 Å². The zero-order valence-electron chi connectivity index (χ0n) is 5.64. The minimum atomic E-state index is 1.75. The van der Waals surface area contributed by atoms with E-state index in [0.717, 1.165) is 0 Å². The number of allylic oxidation sites excluding steroid dienone is 7. The molecule has 0 rings (SSSR count). The Balaban J connectivity index is 3.55. The molecule has 0 aliphatic heterocycles. The van der Waals surface area contributed by atoms with Crippen LogP contribution in [0.2, 0.25) is 0 Å². The molecule has 0 N–H and O–H groups in total. The molecule has 0 atom stereocenters. The van der Waals surface area contributed by atoms with Gasteiger partial charge in [-0.25, -0.2) is 0 Å². The molecule has 0 nitrogen and oxygen atoms in total. The molecule has 0 saturated carbocycles. The van der Waals surface area contributed by atoms with E-state index in [1.807, 2.05) is 40.9 Å². The molecule has 0 aromatic heterocycles. The molecular formula is C9H10Pt. The van der Waals surface area contributed by atoms with Crippen LogP contribution < -0.4 is 0 Å². The second-order valence-corrected chi connectivity index (χ2v) is 2.25. The summed E-state index contributed by atoms with van der Waals surface area (Å²) in [5, 5.41) is 0. The van der Waals surface area contributed by atoms with Gasteiger partial charge in [0.05, 0.1) is 0 Å². The molecule has 0 aliphatic carbocycles. The Hall–Kier alpha value is -0.482. The van der Waals surface area contributed by atoms with Crippen LogP contribution in [0.15, 0.2) is 49.1 Å². The van der Waals surface area contributed by atoms with E-state index in [9.17, 15) is 0 Å². The van der Waals surface area contributed by atoms with Gasteiger partial charge in [-0.05, 0) is 0 Å². The SMILES string of the molecule is C=C\C=C/C=C/C=C/[CH]=[Pt]. The van der Waals surface area contributed by atoms with Gasteiger partial charge in [-0.1, -0.05) is 0 Å². The Bertz CT molecular complexity index is 153. The van der Waals surface area contributed by atoms with Crippen LogP contribution in [0.25, 0.3) is 0 Å². The maximum absolute atomic E-state index is 3.55. The molecule has 0 amide bonds. The van der Waals surface area contributed by atoms with Gasteiger partial charge in [0.2, 0.25) is 0 Å². The molecule has 0 radical (unpaired) electrons. The number of hydrogen-bond acceptors (Lipinski definition) is 0. The zero-order chi connectivity index (χ0) is 7.66. The molecule has 0 aromatic carbocycles. The number of hydrogen-bond donors (Lipinski definition) is 0. The van der Waals surface area contributed by atoms with Crippen molar-refractivity contribution >= 4 is 4.40 Å². The van der Waals surface area contributed by atoms with E-state index in [0.29, 0.717) is 0 Å². The second-order valence-electron chi connectivity index (χ2n) is 1.50. The Morgan fingerprint density at radius 3 is 1.80 bits per heavy atom. The van der Waals surface area contributed by atoms with Gasteiger partial charge in [0, 0.05) is 0 Å². The molecule has 0 aromatic rings. The van der Waals surface area contributed by atoms with E-state index in [2.05, 4.69) is 25.9 Å². The van der Waals surface area contributed by atoms with E-state index >= 15 is 0 Å². The maximum atomic E-state index is 3.55. The van der Waals surface area contributed by atoms with Gasteiger partial charge in [-0.3, -0.25) is 0 Å². The summed E-state index contributed by atoms with van der Waals surface area (Å²) < 4.78 is 1.96. The summed E-state index contributed by atoms with van der Waals surface area (Å²) in [5.74, 6) is 0. The fraction of sp³-hybridized carbons (Fsp3) is 0. The van der Waals surface area contributed by atoms with Crippen molar-refractivity contribution in [3.63, 3.8) is 0 Å². The summed E-state index contributed by atoms with van der Waals surface area (Å²) in [6.45, 7) is 3.55. The summed E-state index contributed by atoms with van der Waals surface area (Å²) in [5.41, 5.74) is 0. The van der Waals surface area contributed by atoms with Crippen molar-refractivity contribution in [2.24, 2.45) is 0 Å². The summed E-state index contributed by atoms with van der Waals surface area (Å²) in [6.07, 6.45) is 13.4. The van der Waals surface area contributed by atoms with E-state index in [1.165, 1.54) is 0 Å². The van der Waals surface area contributed by atoms with Crippen LogP contribution in [0.3, 0.4) is 0 Å². The normalized spacial score (nSPS) is 11.8. The standard InChI is InChI=1S/C9H10.Pt/c1-3-5-7-9-8-6-4-2;/h1,3-9H,2H2;/b5-3+,8-6-,9-7+;. The van der Waals surface area contributed by atoms with E-state index in [1.54, 1.807) is 6.08 Å². The Kier molecular flexibility index (Phi) is 8.11. The summed E-state index contributed by atoms with van der Waals surface area (Å²) in [6, 6.07) is 0. The summed E-state index contributed by atoms with van der Waals surface area (Å²) in [4.78, 5) is 0. The van der Waals surface area contributed by atoms with Crippen molar-refractivity contribution in [1.82, 2.24) is 0 Å². The third-order valence-electron chi connectivity index (χ3n) is 0.752. The molecule has 56 valence electrons. The zero-order valence-corrected chi connectivity index (χ0v) is 7.91. The van der Waals surface area contributed by atoms with E-state index in [4.69, 9.17) is 0 Å². The predicted molar refractivity (Wildman–Crippen MR) is 43.7 cm³/mol. The van der Waals surface area contributed by atoms with Crippen molar-refractivity contribution in [3.05, 3.63) is 49.1 Å². The Labute approximate surface area is 73.1 Å². The topological polar surface area (TPSA) is 0 Å². The van der Waals surface area contributed by atoms with E-state index < -0.39 is 0 Å². The van der Waals surface area contributed by atoms with Gasteiger partial charge in [0.25, 0.3) is 0 Å². The molecule has 0 unspecified atom stereocenters. The van der Waals surface area contributed by atoms with Crippen molar-refractivity contribution in [1.29, 1.82) is 0 Å². The minimum absolute atomic E-state index is 1.75. The van der Waals surface area contributed by atoms with Crippen molar-refractivity contribution in [3.8, 4) is 0 Å². The third kappa shape index (κ3) is 7.52. The predicted octanol–water partition coefficient (Wildman–Crippen LogP) is 2.19. The van der Waals surface area contributed by atoms with Gasteiger partial charge in [0.15, 0.2) is 0 Å². The third-order valence-corrected chi connectivity index (χ3v) is 1.19. The van der Waals surface area contributed by atoms with Crippen molar-refractivity contribution in [2.75, 3.05) is 0 Å². The van der Waals surface area contributed by atoms with Crippen LogP contribution in [0.4, 0.5) is 0 Å². The molecule has 0 aliphatic rings. The van der Waals surface area contributed by atoms with Gasteiger partial charge in [-0.2, -0.15) is 0 Å². The van der Waals surface area contributed by atoms with Crippen LogP contribution in [0, 0.1) is 0 Å². The fourth-order valence-corrected chi connectivity index (χ4v) is 0.623. The second kappa shape index (κ2) is 8.52. The monoisotopic (exact) mass is 313 g/mol. The molecule has 0 heterocycles. The first-order valence-electron chi connectivity index (χ1n) is 2.92. The van der Waals surface area contributed by atoms with Gasteiger partial charge < -0.3 is 0 Å². The molecule has 0 bridgehead atoms. The van der Waals surface area contributed by atoms with E-state index in [-0.39, 0.29) is 0 Å². The summed E-state index contributed by atoms with van der Waals surface area (Å²) >= 11 is 2.16. The van der Waals surface area contributed by atoms with Crippen molar-refractivity contribution in [2.45, 2.75) is 0 Å². The average molecular weight is 313 g/mol. The van der Waals surface area contributed by atoms with Gasteiger partial charge in [-0.15, -0.1) is 0 Å². The van der Waals surface area contributed by atoms with Crippen LogP contribution in [-0.4, -0.2) is 4.40 Å². The quantitative estimate of drug-likeness (QED) is 0.698. The average Bonchev–Trinajstić information content (AvgIpc) is 1.97. The molecule has 10 heavy (non-hydrogen) atoms. The number of rotatable bonds is 4. The molecule has 0 saturated heterocycles. The first kappa shape index (κ1) is 9.52. The van der Waals surface area contributed by atoms with Crippen LogP contribution >= 0.6 is 0 Å². The molecule has 0 spiro atoms. The van der Waals surface area contributed by atoms with Crippen LogP contribution in [0.1, 0.15) is 0 Å². The molecular weight excluding hydrogens is 303 g/mol. The fourth-order valence-electron chi connectivity index (χ4n) is 0.370. The van der Waals surface area contributed by atoms with Crippen molar-refractivity contribution < 1.29 is 19.4 Å². The van der Waals surface area contributed by atoms with Gasteiger partial charge >= 0.3 is 72.9 Å². The Morgan fingerprint density at radius 1 is 0.800 bits per heavy atom. The van der Waals surface area contributed by atoms with Crippen LogP contribution in [0.5, 0.6) is 0 Å². The van der Waals surface area contributed by atoms with Crippen LogP contribution in [-0.2, 0) is 19.4 Å².